The van der Waals surface area contributed by atoms with Gasteiger partial charge in [-0.3, -0.25) is 4.79 Å². The van der Waals surface area contributed by atoms with Crippen molar-refractivity contribution in [2.24, 2.45) is 5.73 Å². The first-order valence-corrected chi connectivity index (χ1v) is 8.41. The summed E-state index contributed by atoms with van der Waals surface area (Å²) in [6.07, 6.45) is 4.81. The number of amides is 1. The Kier molecular flexibility index (Phi) is 5.92. The molecule has 0 aliphatic carbocycles. The molecule has 1 heterocycles. The molecule has 0 aromatic heterocycles. The summed E-state index contributed by atoms with van der Waals surface area (Å²) in [6, 6.07) is 8.22. The van der Waals surface area contributed by atoms with Crippen LogP contribution in [-0.4, -0.2) is 29.6 Å². The maximum absolute atomic E-state index is 12.2. The molecule has 0 spiro atoms. The lowest BCUT2D eigenvalue weighted by atomic mass is 10.1. The summed E-state index contributed by atoms with van der Waals surface area (Å²) in [5.41, 5.74) is 7.01. The van der Waals surface area contributed by atoms with E-state index in [1.54, 1.807) is 11.8 Å². The van der Waals surface area contributed by atoms with Crippen molar-refractivity contribution in [3.05, 3.63) is 29.8 Å². The SMILES string of the molecule is CC(N)c1cccc(SCC(=O)N2CCCCCC2)c1. The number of thioether (sulfide) groups is 1. The summed E-state index contributed by atoms with van der Waals surface area (Å²) in [5, 5.41) is 0. The molecule has 1 aliphatic rings. The molecule has 1 unspecified atom stereocenters. The molecule has 0 saturated carbocycles. The lowest BCUT2D eigenvalue weighted by Gasteiger charge is -2.20. The van der Waals surface area contributed by atoms with Crippen LogP contribution in [0, 0.1) is 0 Å². The van der Waals surface area contributed by atoms with E-state index >= 15 is 0 Å². The summed E-state index contributed by atoms with van der Waals surface area (Å²) in [6.45, 7) is 3.84. The van der Waals surface area contributed by atoms with Gasteiger partial charge in [-0.2, -0.15) is 0 Å². The Morgan fingerprint density at radius 1 is 1.30 bits per heavy atom. The predicted molar refractivity (Wildman–Crippen MR) is 84.8 cm³/mol. The van der Waals surface area contributed by atoms with Gasteiger partial charge in [-0.15, -0.1) is 11.8 Å². The van der Waals surface area contributed by atoms with Gasteiger partial charge >= 0.3 is 0 Å². The van der Waals surface area contributed by atoms with Crippen LogP contribution in [0.5, 0.6) is 0 Å². The number of hydrogen-bond acceptors (Lipinski definition) is 3. The van der Waals surface area contributed by atoms with Gasteiger partial charge in [0.05, 0.1) is 5.75 Å². The van der Waals surface area contributed by atoms with Crippen molar-refractivity contribution in [3.63, 3.8) is 0 Å². The summed E-state index contributed by atoms with van der Waals surface area (Å²) in [5.74, 6) is 0.797. The fourth-order valence-electron chi connectivity index (χ4n) is 2.44. The molecule has 4 heteroatoms. The van der Waals surface area contributed by atoms with Crippen molar-refractivity contribution in [2.45, 2.75) is 43.5 Å². The minimum Gasteiger partial charge on any atom is -0.342 e. The lowest BCUT2D eigenvalue weighted by molar-refractivity contribution is -0.128. The average Bonchev–Trinajstić information content (AvgIpc) is 2.74. The molecule has 20 heavy (non-hydrogen) atoms. The van der Waals surface area contributed by atoms with Gasteiger partial charge in [-0.25, -0.2) is 0 Å². The zero-order chi connectivity index (χ0) is 14.4. The fraction of sp³-hybridized carbons (Fsp3) is 0.562. The highest BCUT2D eigenvalue weighted by molar-refractivity contribution is 8.00. The van der Waals surface area contributed by atoms with Crippen molar-refractivity contribution >= 4 is 17.7 Å². The summed E-state index contributed by atoms with van der Waals surface area (Å²) in [7, 11) is 0. The van der Waals surface area contributed by atoms with Crippen LogP contribution in [0.15, 0.2) is 29.2 Å². The first-order valence-electron chi connectivity index (χ1n) is 7.43. The van der Waals surface area contributed by atoms with Crippen LogP contribution in [-0.2, 0) is 4.79 Å². The molecular weight excluding hydrogens is 268 g/mol. The summed E-state index contributed by atoms with van der Waals surface area (Å²) >= 11 is 1.61. The van der Waals surface area contributed by atoms with Gasteiger partial charge in [-0.05, 0) is 37.5 Å². The Hall–Kier alpha value is -1.00. The van der Waals surface area contributed by atoms with Crippen LogP contribution >= 0.6 is 11.8 Å². The van der Waals surface area contributed by atoms with Crippen LogP contribution in [0.25, 0.3) is 0 Å². The van der Waals surface area contributed by atoms with Crippen LogP contribution in [0.4, 0.5) is 0 Å². The van der Waals surface area contributed by atoms with Gasteiger partial charge < -0.3 is 10.6 Å². The first-order chi connectivity index (χ1) is 9.66. The zero-order valence-electron chi connectivity index (χ0n) is 12.2. The van der Waals surface area contributed by atoms with Crippen molar-refractivity contribution in [1.29, 1.82) is 0 Å². The third-order valence-corrected chi connectivity index (χ3v) is 4.68. The predicted octanol–water partition coefficient (Wildman–Crippen LogP) is 3.20. The van der Waals surface area contributed by atoms with E-state index in [1.165, 1.54) is 12.8 Å². The van der Waals surface area contributed by atoms with E-state index in [4.69, 9.17) is 5.73 Å². The van der Waals surface area contributed by atoms with Crippen molar-refractivity contribution in [3.8, 4) is 0 Å². The van der Waals surface area contributed by atoms with Crippen molar-refractivity contribution in [2.75, 3.05) is 18.8 Å². The number of hydrogen-bond donors (Lipinski definition) is 1. The second-order valence-corrected chi connectivity index (χ2v) is 6.49. The van der Waals surface area contributed by atoms with E-state index in [1.807, 2.05) is 30.0 Å². The number of rotatable bonds is 4. The highest BCUT2D eigenvalue weighted by Gasteiger charge is 2.15. The second kappa shape index (κ2) is 7.70. The first kappa shape index (κ1) is 15.4. The van der Waals surface area contributed by atoms with E-state index in [0.29, 0.717) is 5.75 Å². The lowest BCUT2D eigenvalue weighted by Crippen LogP contribution is -2.33. The molecule has 1 saturated heterocycles. The number of nitrogens with two attached hydrogens (primary N) is 1. The van der Waals surface area contributed by atoms with Crippen molar-refractivity contribution < 1.29 is 4.79 Å². The molecule has 0 radical (unpaired) electrons. The number of carbonyl (C=O) groups excluding carboxylic acids is 1. The Bertz CT molecular complexity index is 440. The summed E-state index contributed by atoms with van der Waals surface area (Å²) in [4.78, 5) is 15.4. The molecule has 1 amide bonds. The second-order valence-electron chi connectivity index (χ2n) is 5.44. The fourth-order valence-corrected chi connectivity index (χ4v) is 3.31. The van der Waals surface area contributed by atoms with Gasteiger partial charge in [0.25, 0.3) is 0 Å². The number of nitrogens with zero attached hydrogens (tertiary/aromatic N) is 1. The van der Waals surface area contributed by atoms with Crippen LogP contribution in [0.2, 0.25) is 0 Å². The maximum atomic E-state index is 12.2. The molecule has 1 aromatic rings. The topological polar surface area (TPSA) is 46.3 Å². The molecule has 1 aliphatic heterocycles. The molecule has 0 bridgehead atoms. The van der Waals surface area contributed by atoms with Crippen LogP contribution in [0.3, 0.4) is 0 Å². The van der Waals surface area contributed by atoms with E-state index in [-0.39, 0.29) is 11.9 Å². The minimum atomic E-state index is 0.0388. The molecule has 1 atom stereocenters. The highest BCUT2D eigenvalue weighted by atomic mass is 32.2. The third kappa shape index (κ3) is 4.53. The molecule has 2 N–H and O–H groups in total. The Balaban J connectivity index is 1.87. The normalized spacial score (nSPS) is 17.6. The van der Waals surface area contributed by atoms with E-state index < -0.39 is 0 Å². The maximum Gasteiger partial charge on any atom is 0.232 e. The quantitative estimate of drug-likeness (QED) is 0.867. The van der Waals surface area contributed by atoms with Gasteiger partial charge in [0.15, 0.2) is 0 Å². The summed E-state index contributed by atoms with van der Waals surface area (Å²) < 4.78 is 0. The molecular formula is C16H24N2OS. The van der Waals surface area contributed by atoms with E-state index in [2.05, 4.69) is 6.07 Å². The number of benzene rings is 1. The average molecular weight is 292 g/mol. The molecule has 2 rings (SSSR count). The van der Waals surface area contributed by atoms with Gasteiger partial charge in [0.1, 0.15) is 0 Å². The molecule has 1 aromatic carbocycles. The minimum absolute atomic E-state index is 0.0388. The Morgan fingerprint density at radius 2 is 2.00 bits per heavy atom. The number of carbonyl (C=O) groups is 1. The van der Waals surface area contributed by atoms with Crippen LogP contribution < -0.4 is 5.73 Å². The Morgan fingerprint density at radius 3 is 2.65 bits per heavy atom. The largest absolute Gasteiger partial charge is 0.342 e. The van der Waals surface area contributed by atoms with Crippen molar-refractivity contribution in [1.82, 2.24) is 4.90 Å². The molecule has 1 fully saturated rings. The van der Waals surface area contributed by atoms with E-state index in [9.17, 15) is 4.79 Å². The molecule has 3 nitrogen and oxygen atoms in total. The highest BCUT2D eigenvalue weighted by Crippen LogP contribution is 2.22. The van der Waals surface area contributed by atoms with Gasteiger partial charge in [-0.1, -0.05) is 25.0 Å². The van der Waals surface area contributed by atoms with E-state index in [0.717, 1.165) is 36.4 Å². The smallest absolute Gasteiger partial charge is 0.232 e. The van der Waals surface area contributed by atoms with Gasteiger partial charge in [0, 0.05) is 24.0 Å². The monoisotopic (exact) mass is 292 g/mol. The standard InChI is InChI=1S/C16H24N2OS/c1-13(17)14-7-6-8-15(11-14)20-12-16(19)18-9-4-2-3-5-10-18/h6-8,11,13H,2-5,9-10,12,17H2,1H3. The Labute approximate surface area is 125 Å². The molecule has 110 valence electrons. The number of likely N-dealkylation sites (tertiary alicyclic amines) is 1. The third-order valence-electron chi connectivity index (χ3n) is 3.70. The van der Waals surface area contributed by atoms with Crippen LogP contribution in [0.1, 0.15) is 44.2 Å². The van der Waals surface area contributed by atoms with Gasteiger partial charge in [0.2, 0.25) is 5.91 Å². The zero-order valence-corrected chi connectivity index (χ0v) is 13.0.